The van der Waals surface area contributed by atoms with Gasteiger partial charge < -0.3 is 14.6 Å². The van der Waals surface area contributed by atoms with Gasteiger partial charge in [0.05, 0.1) is 7.11 Å². The molecule has 0 bridgehead atoms. The van der Waals surface area contributed by atoms with Crippen molar-refractivity contribution >= 4 is 18.0 Å². The number of rotatable bonds is 1. The number of aliphatic hydroxyl groups excluding tert-OH is 1. The van der Waals surface area contributed by atoms with E-state index in [0.29, 0.717) is 4.90 Å². The molecule has 0 radical (unpaired) electrons. The van der Waals surface area contributed by atoms with Crippen LogP contribution in [0.25, 0.3) is 0 Å². The highest BCUT2D eigenvalue weighted by Gasteiger charge is 2.48. The number of hydrogen-bond donors (Lipinski definition) is 1. The molecule has 1 aliphatic heterocycles. The summed E-state index contributed by atoms with van der Waals surface area (Å²) in [5.41, 5.74) is -0.800. The van der Waals surface area contributed by atoms with Gasteiger partial charge in [-0.1, -0.05) is 0 Å². The van der Waals surface area contributed by atoms with Crippen LogP contribution in [0.1, 0.15) is 27.2 Å². The molecule has 1 saturated heterocycles. The summed E-state index contributed by atoms with van der Waals surface area (Å²) in [4.78, 5) is 35.5. The van der Waals surface area contributed by atoms with Crippen LogP contribution in [0.4, 0.5) is 4.79 Å². The number of carbonyl (C=O) groups excluding carboxylic acids is 3. The van der Waals surface area contributed by atoms with Gasteiger partial charge in [0.25, 0.3) is 5.91 Å². The number of carbonyl (C=O) groups is 3. The number of nitrogens with zero attached hydrogens (tertiary/aromatic N) is 1. The van der Waals surface area contributed by atoms with Crippen molar-refractivity contribution in [2.24, 2.45) is 0 Å². The van der Waals surface area contributed by atoms with Crippen LogP contribution in [0.2, 0.25) is 0 Å². The Morgan fingerprint density at radius 1 is 1.39 bits per heavy atom. The van der Waals surface area contributed by atoms with E-state index in [-0.39, 0.29) is 6.42 Å². The summed E-state index contributed by atoms with van der Waals surface area (Å²) in [7, 11) is 1.14. The molecule has 18 heavy (non-hydrogen) atoms. The van der Waals surface area contributed by atoms with Crippen molar-refractivity contribution in [2.75, 3.05) is 7.11 Å². The number of amides is 2. The van der Waals surface area contributed by atoms with Crippen LogP contribution in [-0.2, 0) is 19.1 Å². The molecule has 2 atom stereocenters. The fraction of sp³-hybridized carbons (Fsp3) is 0.727. The lowest BCUT2D eigenvalue weighted by atomic mass is 10.2. The third kappa shape index (κ3) is 2.98. The van der Waals surface area contributed by atoms with Gasteiger partial charge in [-0.15, -0.1) is 0 Å². The summed E-state index contributed by atoms with van der Waals surface area (Å²) in [5.74, 6) is -1.61. The quantitative estimate of drug-likeness (QED) is 0.669. The summed E-state index contributed by atoms with van der Waals surface area (Å²) in [6, 6.07) is -1.13. The molecule has 0 aliphatic carbocycles. The molecule has 102 valence electrons. The Hall–Kier alpha value is -1.63. The van der Waals surface area contributed by atoms with Crippen molar-refractivity contribution in [1.82, 2.24) is 4.90 Å². The van der Waals surface area contributed by atoms with Crippen LogP contribution in [-0.4, -0.2) is 52.8 Å². The zero-order valence-electron chi connectivity index (χ0n) is 10.8. The first-order valence-corrected chi connectivity index (χ1v) is 5.49. The Kier molecular flexibility index (Phi) is 3.95. The molecule has 2 amide bonds. The minimum absolute atomic E-state index is 0.176. The van der Waals surface area contributed by atoms with Crippen molar-refractivity contribution in [3.05, 3.63) is 0 Å². The van der Waals surface area contributed by atoms with Gasteiger partial charge in [0.2, 0.25) is 0 Å². The smallest absolute Gasteiger partial charge is 0.417 e. The summed E-state index contributed by atoms with van der Waals surface area (Å²) >= 11 is 0. The zero-order chi connectivity index (χ0) is 14.1. The summed E-state index contributed by atoms with van der Waals surface area (Å²) in [5, 5.41) is 9.42. The molecule has 1 aliphatic rings. The Morgan fingerprint density at radius 2 is 1.94 bits per heavy atom. The number of hydrogen-bond acceptors (Lipinski definition) is 6. The van der Waals surface area contributed by atoms with Crippen LogP contribution in [0.5, 0.6) is 0 Å². The molecule has 0 aromatic carbocycles. The monoisotopic (exact) mass is 259 g/mol. The van der Waals surface area contributed by atoms with Crippen molar-refractivity contribution < 1.29 is 29.0 Å². The van der Waals surface area contributed by atoms with Gasteiger partial charge in [0.1, 0.15) is 17.7 Å². The maximum atomic E-state index is 11.8. The van der Waals surface area contributed by atoms with Crippen molar-refractivity contribution in [3.63, 3.8) is 0 Å². The average molecular weight is 259 g/mol. The number of esters is 1. The Labute approximate surface area is 105 Å². The van der Waals surface area contributed by atoms with Gasteiger partial charge in [-0.3, -0.25) is 4.79 Å². The highest BCUT2D eigenvalue weighted by Crippen LogP contribution is 2.23. The van der Waals surface area contributed by atoms with E-state index in [2.05, 4.69) is 4.74 Å². The van der Waals surface area contributed by atoms with Gasteiger partial charge in [0.15, 0.2) is 0 Å². The molecule has 0 aromatic heterocycles. The Morgan fingerprint density at radius 3 is 2.39 bits per heavy atom. The first-order chi connectivity index (χ1) is 8.17. The second-order valence-electron chi connectivity index (χ2n) is 4.98. The van der Waals surface area contributed by atoms with Crippen molar-refractivity contribution in [1.29, 1.82) is 0 Å². The number of methoxy groups -OCH3 is 1. The lowest BCUT2D eigenvalue weighted by Gasteiger charge is -2.25. The fourth-order valence-corrected chi connectivity index (χ4v) is 1.60. The lowest BCUT2D eigenvalue weighted by molar-refractivity contribution is -0.149. The maximum absolute atomic E-state index is 11.8. The summed E-state index contributed by atoms with van der Waals surface area (Å²) in [6.07, 6.45) is -2.52. The van der Waals surface area contributed by atoms with E-state index in [4.69, 9.17) is 4.74 Å². The van der Waals surface area contributed by atoms with Crippen LogP contribution >= 0.6 is 0 Å². The fourth-order valence-electron chi connectivity index (χ4n) is 1.60. The van der Waals surface area contributed by atoms with Gasteiger partial charge in [-0.2, -0.15) is 0 Å². The molecule has 7 heteroatoms. The molecule has 7 nitrogen and oxygen atoms in total. The normalized spacial score (nSPS) is 24.1. The van der Waals surface area contributed by atoms with Crippen LogP contribution in [0.15, 0.2) is 0 Å². The van der Waals surface area contributed by atoms with Gasteiger partial charge in [-0.05, 0) is 20.8 Å². The molecule has 1 rings (SSSR count). The van der Waals surface area contributed by atoms with Crippen molar-refractivity contribution in [2.45, 2.75) is 44.9 Å². The van der Waals surface area contributed by atoms with E-state index in [1.54, 1.807) is 20.8 Å². The average Bonchev–Trinajstić information content (AvgIpc) is 2.52. The minimum atomic E-state index is -1.39. The second kappa shape index (κ2) is 4.93. The maximum Gasteiger partial charge on any atom is 0.417 e. The van der Waals surface area contributed by atoms with Crippen LogP contribution in [0, 0.1) is 0 Å². The van der Waals surface area contributed by atoms with Crippen molar-refractivity contribution in [3.8, 4) is 0 Å². The second-order valence-corrected chi connectivity index (χ2v) is 4.98. The number of ether oxygens (including phenoxy) is 2. The minimum Gasteiger partial charge on any atom is -0.467 e. The van der Waals surface area contributed by atoms with E-state index in [0.717, 1.165) is 7.11 Å². The summed E-state index contributed by atoms with van der Waals surface area (Å²) in [6.45, 7) is 4.90. The van der Waals surface area contributed by atoms with Crippen LogP contribution < -0.4 is 0 Å². The lowest BCUT2D eigenvalue weighted by Crippen LogP contribution is -2.46. The summed E-state index contributed by atoms with van der Waals surface area (Å²) < 4.78 is 9.50. The van der Waals surface area contributed by atoms with E-state index in [9.17, 15) is 19.5 Å². The van der Waals surface area contributed by atoms with E-state index in [1.165, 1.54) is 0 Å². The number of aliphatic hydroxyl groups is 1. The largest absolute Gasteiger partial charge is 0.467 e. The first-order valence-electron chi connectivity index (χ1n) is 5.49. The molecule has 1 heterocycles. The van der Waals surface area contributed by atoms with E-state index >= 15 is 0 Å². The molecule has 0 saturated carbocycles. The van der Waals surface area contributed by atoms with Gasteiger partial charge in [-0.25, -0.2) is 14.5 Å². The Balaban J connectivity index is 2.91. The van der Waals surface area contributed by atoms with E-state index < -0.39 is 35.7 Å². The van der Waals surface area contributed by atoms with Crippen LogP contribution in [0.3, 0.4) is 0 Å². The van der Waals surface area contributed by atoms with Gasteiger partial charge in [0, 0.05) is 6.42 Å². The SMILES string of the molecule is COC(=O)[C@@H]1CC(O)C(=O)N1C(=O)OC(C)(C)C. The predicted molar refractivity (Wildman–Crippen MR) is 59.5 cm³/mol. The first kappa shape index (κ1) is 14.4. The molecule has 0 spiro atoms. The number of likely N-dealkylation sites (tertiary alicyclic amines) is 1. The standard InChI is InChI=1S/C11H17NO6/c1-11(2,3)18-10(16)12-6(9(15)17-4)5-7(13)8(12)14/h6-7,13H,5H2,1-4H3/t6-,7?/m0/s1. The number of imide groups is 1. The molecule has 1 unspecified atom stereocenters. The topological polar surface area (TPSA) is 93.1 Å². The molecule has 1 fully saturated rings. The predicted octanol–water partition coefficient (Wildman–Crippen LogP) is 0.0563. The van der Waals surface area contributed by atoms with E-state index in [1.807, 2.05) is 0 Å². The zero-order valence-corrected chi connectivity index (χ0v) is 10.8. The Bertz CT molecular complexity index is 372. The molecular weight excluding hydrogens is 242 g/mol. The highest BCUT2D eigenvalue weighted by molar-refractivity contribution is 6.01. The molecule has 0 aromatic rings. The highest BCUT2D eigenvalue weighted by atomic mass is 16.6. The third-order valence-electron chi connectivity index (χ3n) is 2.34. The molecular formula is C11H17NO6. The van der Waals surface area contributed by atoms with Gasteiger partial charge >= 0.3 is 12.1 Å². The molecule has 1 N–H and O–H groups in total. The third-order valence-corrected chi connectivity index (χ3v) is 2.34.